The number of rotatable bonds is 65. The molecule has 0 aliphatic carbocycles. The van der Waals surface area contributed by atoms with Crippen molar-refractivity contribution in [1.82, 2.24) is 5.32 Å². The highest BCUT2D eigenvalue weighted by atomic mass is 16.7. The number of esters is 1. The van der Waals surface area contributed by atoms with E-state index in [1.54, 1.807) is 6.08 Å². The highest BCUT2D eigenvalue weighted by Gasteiger charge is 2.44. The average molecular weight is 1240 g/mol. The molecule has 1 aliphatic rings. The van der Waals surface area contributed by atoms with Gasteiger partial charge in [-0.3, -0.25) is 9.59 Å². The molecule has 11 nitrogen and oxygen atoms in total. The molecule has 0 aromatic heterocycles. The molecule has 6 N–H and O–H groups in total. The van der Waals surface area contributed by atoms with Crippen LogP contribution in [-0.4, -0.2) is 100 Å². The summed E-state index contributed by atoms with van der Waals surface area (Å²) < 4.78 is 16.7. The Morgan fingerprint density at radius 3 is 1.25 bits per heavy atom. The van der Waals surface area contributed by atoms with Gasteiger partial charge in [0.2, 0.25) is 5.91 Å². The number of hydrogen-bond donors (Lipinski definition) is 6. The van der Waals surface area contributed by atoms with Crippen molar-refractivity contribution in [3.05, 3.63) is 72.9 Å². The quantitative estimate of drug-likeness (QED) is 0.0195. The Labute approximate surface area is 541 Å². The molecule has 1 fully saturated rings. The van der Waals surface area contributed by atoms with Gasteiger partial charge in [0.05, 0.1) is 32.0 Å². The van der Waals surface area contributed by atoms with Crippen molar-refractivity contribution in [3.63, 3.8) is 0 Å². The van der Waals surface area contributed by atoms with Gasteiger partial charge in [0.15, 0.2) is 6.29 Å². The second kappa shape index (κ2) is 65.6. The molecule has 11 heteroatoms. The minimum atomic E-state index is -1.58. The Kier molecular flexibility index (Phi) is 61.9. The number of aliphatic hydroxyl groups is 5. The van der Waals surface area contributed by atoms with Gasteiger partial charge in [-0.1, -0.05) is 292 Å². The van der Waals surface area contributed by atoms with Crippen LogP contribution in [0.5, 0.6) is 0 Å². The maximum absolute atomic E-state index is 13.0. The van der Waals surface area contributed by atoms with Gasteiger partial charge < -0.3 is 45.1 Å². The van der Waals surface area contributed by atoms with E-state index in [4.69, 9.17) is 14.2 Å². The first kappa shape index (κ1) is 83.1. The molecule has 512 valence electrons. The molecule has 7 unspecified atom stereocenters. The Balaban J connectivity index is 1.90. The van der Waals surface area contributed by atoms with E-state index in [1.165, 1.54) is 238 Å². The van der Waals surface area contributed by atoms with E-state index in [9.17, 15) is 35.1 Å². The molecule has 0 bridgehead atoms. The van der Waals surface area contributed by atoms with E-state index >= 15 is 0 Å². The number of hydrogen-bond acceptors (Lipinski definition) is 10. The van der Waals surface area contributed by atoms with Crippen molar-refractivity contribution in [1.29, 1.82) is 0 Å². The summed E-state index contributed by atoms with van der Waals surface area (Å²) in [6.45, 7) is 4.21. The normalized spacial score (nSPS) is 18.2. The van der Waals surface area contributed by atoms with Crippen molar-refractivity contribution >= 4 is 11.9 Å². The smallest absolute Gasteiger partial charge is 0.305 e. The van der Waals surface area contributed by atoms with Gasteiger partial charge in [0.25, 0.3) is 0 Å². The Morgan fingerprint density at radius 2 is 0.807 bits per heavy atom. The summed E-state index contributed by atoms with van der Waals surface area (Å²) >= 11 is 0. The third-order valence-corrected chi connectivity index (χ3v) is 17.3. The zero-order valence-corrected chi connectivity index (χ0v) is 56.9. The largest absolute Gasteiger partial charge is 0.466 e. The van der Waals surface area contributed by atoms with Crippen molar-refractivity contribution in [3.8, 4) is 0 Å². The van der Waals surface area contributed by atoms with Crippen molar-refractivity contribution in [2.75, 3.05) is 19.8 Å². The number of carbonyl (C=O) groups is 2. The summed E-state index contributed by atoms with van der Waals surface area (Å²) in [6, 6.07) is -0.833. The van der Waals surface area contributed by atoms with E-state index in [0.717, 1.165) is 77.0 Å². The SMILES string of the molecule is CC/C=C/CC/C=C/CC/C=C/C(O)C(COC1OC(CO)C(O)C(O)C1O)NC(=O)CCCCCCCCCCCCCCCCCCC/C=C\C/C=C\CCCCCCCCCCCCCCCOC(=O)CCCCCCC/C=C\CCCCCC. The van der Waals surface area contributed by atoms with Crippen LogP contribution in [0.3, 0.4) is 0 Å². The third-order valence-electron chi connectivity index (χ3n) is 17.3. The molecule has 1 saturated heterocycles. The summed E-state index contributed by atoms with van der Waals surface area (Å²) in [6.07, 6.45) is 79.4. The summed E-state index contributed by atoms with van der Waals surface area (Å²) in [4.78, 5) is 25.1. The molecule has 0 aromatic rings. The number of unbranched alkanes of at least 4 members (excludes halogenated alkanes) is 41. The van der Waals surface area contributed by atoms with E-state index in [-0.39, 0.29) is 18.5 Å². The molecular weight excluding hydrogens is 1100 g/mol. The fourth-order valence-corrected chi connectivity index (χ4v) is 11.4. The highest BCUT2D eigenvalue weighted by molar-refractivity contribution is 5.76. The van der Waals surface area contributed by atoms with Crippen LogP contribution in [0, 0.1) is 0 Å². The number of nitrogens with one attached hydrogen (secondary N) is 1. The van der Waals surface area contributed by atoms with Crippen LogP contribution in [0.25, 0.3) is 0 Å². The van der Waals surface area contributed by atoms with Gasteiger partial charge in [-0.15, -0.1) is 0 Å². The molecule has 0 radical (unpaired) electrons. The van der Waals surface area contributed by atoms with E-state index in [1.807, 2.05) is 6.08 Å². The lowest BCUT2D eigenvalue weighted by Gasteiger charge is -2.40. The van der Waals surface area contributed by atoms with Crippen molar-refractivity contribution in [2.45, 2.75) is 384 Å². The van der Waals surface area contributed by atoms with Crippen molar-refractivity contribution in [2.24, 2.45) is 0 Å². The maximum atomic E-state index is 13.0. The lowest BCUT2D eigenvalue weighted by molar-refractivity contribution is -0.302. The monoisotopic (exact) mass is 1240 g/mol. The summed E-state index contributed by atoms with van der Waals surface area (Å²) in [7, 11) is 0. The fourth-order valence-electron chi connectivity index (χ4n) is 11.4. The average Bonchev–Trinajstić information content (AvgIpc) is 3.03. The van der Waals surface area contributed by atoms with Crippen LogP contribution in [0.4, 0.5) is 0 Å². The lowest BCUT2D eigenvalue weighted by Crippen LogP contribution is -2.60. The topological polar surface area (TPSA) is 175 Å². The number of ether oxygens (including phenoxy) is 3. The molecule has 1 rings (SSSR count). The zero-order chi connectivity index (χ0) is 63.7. The standard InChI is InChI=1S/C77H139NO10/c1-3-5-7-9-11-13-15-41-45-49-53-57-61-65-73(82)86-66-62-58-54-50-46-43-40-38-36-34-32-30-28-26-24-22-20-18-16-17-19-21-23-25-27-29-31-33-35-37-39-42-44-48-52-56-60-64-72(81)78-69(68-87-77-76(85)75(84)74(83)71(67-79)88-77)70(80)63-59-55-51-47-14-12-10-8-6-4-2/h6,8,13-16,18,22,24,47,59,63,69-71,74-77,79-80,83-85H,3-5,7,9-12,17,19-21,23,25-46,48-58,60-62,64-68H2,1-2H3,(H,78,81)/b8-6+,15-13-,18-16-,24-22-,47-14+,63-59+. The van der Waals surface area contributed by atoms with Crippen LogP contribution < -0.4 is 5.32 Å². The Hall–Kier alpha value is -2.90. The minimum absolute atomic E-state index is 0.00267. The van der Waals surface area contributed by atoms with Gasteiger partial charge in [0, 0.05) is 12.8 Å². The van der Waals surface area contributed by atoms with Gasteiger partial charge in [-0.25, -0.2) is 0 Å². The summed E-state index contributed by atoms with van der Waals surface area (Å²) in [5.74, 6) is -0.193. The predicted octanol–water partition coefficient (Wildman–Crippen LogP) is 19.5. The first-order valence-corrected chi connectivity index (χ1v) is 37.2. The van der Waals surface area contributed by atoms with Gasteiger partial charge in [-0.2, -0.15) is 0 Å². The number of aliphatic hydroxyl groups excluding tert-OH is 5. The first-order chi connectivity index (χ1) is 43.2. The molecule has 0 spiro atoms. The van der Waals surface area contributed by atoms with Gasteiger partial charge >= 0.3 is 5.97 Å². The Morgan fingerprint density at radius 1 is 0.432 bits per heavy atom. The van der Waals surface area contributed by atoms with Crippen LogP contribution in [0.2, 0.25) is 0 Å². The van der Waals surface area contributed by atoms with Crippen molar-refractivity contribution < 1.29 is 49.3 Å². The molecule has 0 aromatic carbocycles. The van der Waals surface area contributed by atoms with E-state index in [2.05, 4.69) is 79.9 Å². The highest BCUT2D eigenvalue weighted by Crippen LogP contribution is 2.23. The molecule has 0 saturated carbocycles. The van der Waals surface area contributed by atoms with Gasteiger partial charge in [0.1, 0.15) is 24.4 Å². The molecule has 1 heterocycles. The number of carbonyl (C=O) groups excluding carboxylic acids is 2. The second-order valence-electron chi connectivity index (χ2n) is 25.6. The first-order valence-electron chi connectivity index (χ1n) is 37.2. The maximum Gasteiger partial charge on any atom is 0.305 e. The fraction of sp³-hybridized carbons (Fsp3) is 0.818. The molecule has 88 heavy (non-hydrogen) atoms. The molecular formula is C77H139NO10. The minimum Gasteiger partial charge on any atom is -0.466 e. The van der Waals surface area contributed by atoms with Crippen LogP contribution in [0.1, 0.15) is 341 Å². The molecule has 1 aliphatic heterocycles. The summed E-state index contributed by atoms with van der Waals surface area (Å²) in [5, 5.41) is 54.3. The second-order valence-corrected chi connectivity index (χ2v) is 25.6. The zero-order valence-electron chi connectivity index (χ0n) is 56.9. The summed E-state index contributed by atoms with van der Waals surface area (Å²) in [5.41, 5.74) is 0. The number of allylic oxidation sites excluding steroid dienone is 11. The van der Waals surface area contributed by atoms with Crippen LogP contribution in [0.15, 0.2) is 72.9 Å². The van der Waals surface area contributed by atoms with Crippen LogP contribution in [-0.2, 0) is 23.8 Å². The Bertz CT molecular complexity index is 1690. The predicted molar refractivity (Wildman–Crippen MR) is 370 cm³/mol. The van der Waals surface area contributed by atoms with E-state index < -0.39 is 49.5 Å². The molecule has 7 atom stereocenters. The van der Waals surface area contributed by atoms with Crippen LogP contribution >= 0.6 is 0 Å². The lowest BCUT2D eigenvalue weighted by atomic mass is 9.99. The van der Waals surface area contributed by atoms with Gasteiger partial charge in [-0.05, 0) is 109 Å². The van der Waals surface area contributed by atoms with E-state index in [0.29, 0.717) is 19.4 Å². The molecule has 1 amide bonds. The third kappa shape index (κ3) is 53.7. The number of amides is 1.